The number of hydrogen-bond donors (Lipinski definition) is 1. The van der Waals surface area contributed by atoms with E-state index in [1.807, 2.05) is 61.5 Å². The number of rotatable bonds is 5. The lowest BCUT2D eigenvalue weighted by Gasteiger charge is -2.17. The first kappa shape index (κ1) is 20.7. The van der Waals surface area contributed by atoms with Crippen molar-refractivity contribution in [3.8, 4) is 22.8 Å². The number of nitrogens with one attached hydrogen (secondary N) is 1. The summed E-state index contributed by atoms with van der Waals surface area (Å²) in [6.07, 6.45) is 0. The SMILES string of the molecule is COc1cc(NC(=O)c2c(C)c(-c3ccccc3)nc3ccccc23)c(OC)cc1Cl. The maximum Gasteiger partial charge on any atom is 0.256 e. The molecule has 4 aromatic rings. The average molecular weight is 433 g/mol. The summed E-state index contributed by atoms with van der Waals surface area (Å²) < 4.78 is 10.7. The molecule has 4 rings (SSSR count). The summed E-state index contributed by atoms with van der Waals surface area (Å²) in [5.41, 5.74) is 4.28. The predicted molar refractivity (Wildman–Crippen MR) is 124 cm³/mol. The van der Waals surface area contributed by atoms with E-state index >= 15 is 0 Å². The van der Waals surface area contributed by atoms with Gasteiger partial charge in [-0.25, -0.2) is 4.98 Å². The predicted octanol–water partition coefficient (Wildman–Crippen LogP) is 6.13. The summed E-state index contributed by atoms with van der Waals surface area (Å²) in [6.45, 7) is 1.91. The van der Waals surface area contributed by atoms with Crippen LogP contribution >= 0.6 is 11.6 Å². The Kier molecular flexibility index (Phi) is 5.78. The van der Waals surface area contributed by atoms with E-state index in [4.69, 9.17) is 26.1 Å². The van der Waals surface area contributed by atoms with Gasteiger partial charge in [-0.1, -0.05) is 60.1 Å². The normalized spacial score (nSPS) is 10.7. The molecule has 0 unspecified atom stereocenters. The maximum atomic E-state index is 13.5. The van der Waals surface area contributed by atoms with Crippen molar-refractivity contribution in [3.63, 3.8) is 0 Å². The number of carbonyl (C=O) groups is 1. The first-order valence-electron chi connectivity index (χ1n) is 9.71. The number of benzene rings is 3. The molecule has 0 saturated carbocycles. The largest absolute Gasteiger partial charge is 0.495 e. The van der Waals surface area contributed by atoms with Crippen LogP contribution in [0, 0.1) is 6.92 Å². The molecule has 3 aromatic carbocycles. The van der Waals surface area contributed by atoms with Gasteiger partial charge >= 0.3 is 0 Å². The molecule has 5 nitrogen and oxygen atoms in total. The van der Waals surface area contributed by atoms with Crippen LogP contribution in [0.25, 0.3) is 22.2 Å². The Morgan fingerprint density at radius 2 is 1.61 bits per heavy atom. The molecule has 1 N–H and O–H groups in total. The summed E-state index contributed by atoms with van der Waals surface area (Å²) in [5, 5.41) is 4.13. The number of ether oxygens (including phenoxy) is 2. The smallest absolute Gasteiger partial charge is 0.256 e. The van der Waals surface area contributed by atoms with E-state index < -0.39 is 0 Å². The third-order valence-corrected chi connectivity index (χ3v) is 5.43. The second-order valence-electron chi connectivity index (χ2n) is 6.98. The number of nitrogens with zero attached hydrogens (tertiary/aromatic N) is 1. The number of para-hydroxylation sites is 1. The van der Waals surface area contributed by atoms with Gasteiger partial charge in [-0.05, 0) is 18.6 Å². The molecule has 156 valence electrons. The molecule has 0 atom stereocenters. The van der Waals surface area contributed by atoms with Crippen LogP contribution in [0.5, 0.6) is 11.5 Å². The van der Waals surface area contributed by atoms with E-state index in [9.17, 15) is 4.79 Å². The molecule has 0 aliphatic rings. The molecule has 0 bridgehead atoms. The number of hydrogen-bond acceptors (Lipinski definition) is 4. The highest BCUT2D eigenvalue weighted by Crippen LogP contribution is 2.37. The van der Waals surface area contributed by atoms with Crippen molar-refractivity contribution in [2.75, 3.05) is 19.5 Å². The zero-order valence-electron chi connectivity index (χ0n) is 17.4. The summed E-state index contributed by atoms with van der Waals surface area (Å²) >= 11 is 6.20. The highest BCUT2D eigenvalue weighted by Gasteiger charge is 2.21. The topological polar surface area (TPSA) is 60.5 Å². The van der Waals surface area contributed by atoms with Crippen molar-refractivity contribution in [3.05, 3.63) is 82.9 Å². The number of carbonyl (C=O) groups excluding carboxylic acids is 1. The summed E-state index contributed by atoms with van der Waals surface area (Å²) in [5.74, 6) is 0.619. The first-order valence-corrected chi connectivity index (χ1v) is 10.1. The van der Waals surface area contributed by atoms with Crippen molar-refractivity contribution >= 4 is 34.1 Å². The minimum absolute atomic E-state index is 0.268. The second kappa shape index (κ2) is 8.66. The van der Waals surface area contributed by atoms with Gasteiger partial charge < -0.3 is 14.8 Å². The Balaban J connectivity index is 1.86. The van der Waals surface area contributed by atoms with E-state index in [2.05, 4.69) is 5.32 Å². The lowest BCUT2D eigenvalue weighted by atomic mass is 9.97. The van der Waals surface area contributed by atoms with E-state index in [0.717, 1.165) is 27.7 Å². The Morgan fingerprint density at radius 1 is 0.935 bits per heavy atom. The number of methoxy groups -OCH3 is 2. The van der Waals surface area contributed by atoms with Crippen LogP contribution in [0.4, 0.5) is 5.69 Å². The molecule has 0 aliphatic carbocycles. The fourth-order valence-corrected chi connectivity index (χ4v) is 3.85. The molecule has 0 radical (unpaired) electrons. The van der Waals surface area contributed by atoms with Crippen LogP contribution in [0.3, 0.4) is 0 Å². The van der Waals surface area contributed by atoms with Crippen LogP contribution in [0.15, 0.2) is 66.7 Å². The molecule has 1 amide bonds. The number of amides is 1. The van der Waals surface area contributed by atoms with Crippen molar-refractivity contribution in [2.24, 2.45) is 0 Å². The average Bonchev–Trinajstić information content (AvgIpc) is 2.79. The summed E-state index contributed by atoms with van der Waals surface area (Å²) in [7, 11) is 3.04. The fraction of sp³-hybridized carbons (Fsp3) is 0.120. The van der Waals surface area contributed by atoms with E-state index in [1.54, 1.807) is 12.1 Å². The Hall–Kier alpha value is -3.57. The van der Waals surface area contributed by atoms with Gasteiger partial charge in [-0.2, -0.15) is 0 Å². The molecule has 31 heavy (non-hydrogen) atoms. The summed E-state index contributed by atoms with van der Waals surface area (Å²) in [4.78, 5) is 18.3. The Morgan fingerprint density at radius 3 is 2.32 bits per heavy atom. The fourth-order valence-electron chi connectivity index (χ4n) is 3.62. The second-order valence-corrected chi connectivity index (χ2v) is 7.39. The van der Waals surface area contributed by atoms with Gasteiger partial charge in [0.25, 0.3) is 5.91 Å². The van der Waals surface area contributed by atoms with Crippen LogP contribution < -0.4 is 14.8 Å². The van der Waals surface area contributed by atoms with Gasteiger partial charge in [0.1, 0.15) is 11.5 Å². The van der Waals surface area contributed by atoms with Crippen molar-refractivity contribution in [1.82, 2.24) is 4.98 Å². The molecule has 0 fully saturated rings. The molecule has 1 aromatic heterocycles. The Labute approximate surface area is 185 Å². The van der Waals surface area contributed by atoms with Crippen molar-refractivity contribution < 1.29 is 14.3 Å². The number of halogens is 1. The van der Waals surface area contributed by atoms with Crippen LogP contribution in [0.2, 0.25) is 5.02 Å². The number of fused-ring (bicyclic) bond motifs is 1. The van der Waals surface area contributed by atoms with Gasteiger partial charge in [-0.3, -0.25) is 4.79 Å². The molecular weight excluding hydrogens is 412 g/mol. The van der Waals surface area contributed by atoms with Crippen LogP contribution in [-0.4, -0.2) is 25.1 Å². The van der Waals surface area contributed by atoms with Gasteiger partial charge in [0.05, 0.1) is 41.7 Å². The number of anilines is 1. The van der Waals surface area contributed by atoms with Gasteiger partial charge in [0, 0.05) is 23.1 Å². The maximum absolute atomic E-state index is 13.5. The molecule has 6 heteroatoms. The zero-order valence-corrected chi connectivity index (χ0v) is 18.2. The molecular formula is C25H21ClN2O3. The molecule has 0 saturated heterocycles. The molecule has 0 spiro atoms. The monoisotopic (exact) mass is 432 g/mol. The molecule has 0 aliphatic heterocycles. The van der Waals surface area contributed by atoms with Gasteiger partial charge in [-0.15, -0.1) is 0 Å². The number of pyridine rings is 1. The Bertz CT molecular complexity index is 1270. The highest BCUT2D eigenvalue weighted by molar-refractivity contribution is 6.32. The minimum Gasteiger partial charge on any atom is -0.495 e. The molecule has 1 heterocycles. The summed E-state index contributed by atoms with van der Waals surface area (Å²) in [6, 6.07) is 20.7. The van der Waals surface area contributed by atoms with E-state index in [-0.39, 0.29) is 5.91 Å². The lowest BCUT2D eigenvalue weighted by molar-refractivity contribution is 0.102. The lowest BCUT2D eigenvalue weighted by Crippen LogP contribution is -2.16. The van der Waals surface area contributed by atoms with Crippen LogP contribution in [-0.2, 0) is 0 Å². The quantitative estimate of drug-likeness (QED) is 0.412. The van der Waals surface area contributed by atoms with Gasteiger partial charge in [0.2, 0.25) is 0 Å². The highest BCUT2D eigenvalue weighted by atomic mass is 35.5. The van der Waals surface area contributed by atoms with Crippen molar-refractivity contribution in [2.45, 2.75) is 6.92 Å². The minimum atomic E-state index is -0.268. The first-order chi connectivity index (χ1) is 15.0. The van der Waals surface area contributed by atoms with Gasteiger partial charge in [0.15, 0.2) is 0 Å². The third kappa shape index (κ3) is 3.92. The third-order valence-electron chi connectivity index (χ3n) is 5.13. The van der Waals surface area contributed by atoms with E-state index in [0.29, 0.717) is 27.8 Å². The standard InChI is InChI=1S/C25H21ClN2O3/c1-15-23(25(29)28-20-14-21(30-2)18(26)13-22(20)31-3)17-11-7-8-12-19(17)27-24(15)16-9-5-4-6-10-16/h4-14H,1-3H3,(H,28,29). The van der Waals surface area contributed by atoms with E-state index in [1.165, 1.54) is 14.2 Å². The van der Waals surface area contributed by atoms with Crippen LogP contribution in [0.1, 0.15) is 15.9 Å². The van der Waals surface area contributed by atoms with Crippen molar-refractivity contribution in [1.29, 1.82) is 0 Å². The number of aromatic nitrogens is 1. The zero-order chi connectivity index (χ0) is 22.0.